The van der Waals surface area contributed by atoms with Crippen LogP contribution in [0.4, 0.5) is 4.39 Å². The molecule has 1 aromatic carbocycles. The number of benzene rings is 1. The van der Waals surface area contributed by atoms with Gasteiger partial charge in [0, 0.05) is 67.4 Å². The van der Waals surface area contributed by atoms with Crippen molar-refractivity contribution in [3.63, 3.8) is 0 Å². The van der Waals surface area contributed by atoms with Crippen molar-refractivity contribution < 1.29 is 13.5 Å². The molecule has 3 aromatic heterocycles. The number of aliphatic imine (C=N–C) groups is 1. The lowest BCUT2D eigenvalue weighted by Crippen LogP contribution is -2.34. The second kappa shape index (κ2) is 9.10. The third-order valence-corrected chi connectivity index (χ3v) is 6.47. The van der Waals surface area contributed by atoms with Crippen molar-refractivity contribution in [2.45, 2.75) is 38.3 Å². The first-order valence-corrected chi connectivity index (χ1v) is 11.6. The van der Waals surface area contributed by atoms with E-state index in [2.05, 4.69) is 22.0 Å². The van der Waals surface area contributed by atoms with Gasteiger partial charge in [0.05, 0.1) is 12.3 Å². The minimum absolute atomic E-state index is 0.0479. The van der Waals surface area contributed by atoms with Gasteiger partial charge in [-0.05, 0) is 31.4 Å². The predicted octanol–water partition coefficient (Wildman–Crippen LogP) is 3.81. The van der Waals surface area contributed by atoms with E-state index in [-0.39, 0.29) is 23.4 Å². The number of rotatable bonds is 5. The van der Waals surface area contributed by atoms with E-state index in [0.717, 1.165) is 6.42 Å². The second-order valence-corrected chi connectivity index (χ2v) is 8.73. The number of allylic oxidation sites excluding steroid dienone is 1. The third kappa shape index (κ3) is 4.03. The summed E-state index contributed by atoms with van der Waals surface area (Å²) in [4.78, 5) is 21.8. The number of halogens is 1. The van der Waals surface area contributed by atoms with Crippen LogP contribution in [0.3, 0.4) is 0 Å². The Morgan fingerprint density at radius 3 is 2.94 bits per heavy atom. The summed E-state index contributed by atoms with van der Waals surface area (Å²) in [5.74, 6) is -0.531. The molecule has 4 aromatic rings. The first-order valence-electron chi connectivity index (χ1n) is 11.6. The molecular weight excluding hydrogens is 451 g/mol. The van der Waals surface area contributed by atoms with Gasteiger partial charge in [-0.2, -0.15) is 10.1 Å². The topological polar surface area (TPSA) is 113 Å². The molecule has 1 aliphatic heterocycles. The molecule has 1 saturated heterocycles. The van der Waals surface area contributed by atoms with Gasteiger partial charge in [0.25, 0.3) is 0 Å². The Hall–Kier alpha value is -3.79. The Bertz CT molecular complexity index is 1530. The number of hydrogen-bond acceptors (Lipinski definition) is 7. The van der Waals surface area contributed by atoms with Crippen LogP contribution in [0, 0.1) is 5.82 Å². The van der Waals surface area contributed by atoms with Gasteiger partial charge in [-0.1, -0.05) is 6.92 Å². The van der Waals surface area contributed by atoms with Crippen molar-refractivity contribution in [3.8, 4) is 11.3 Å². The van der Waals surface area contributed by atoms with Crippen molar-refractivity contribution in [2.75, 3.05) is 13.7 Å². The first kappa shape index (κ1) is 23.0. The van der Waals surface area contributed by atoms with E-state index >= 15 is 4.39 Å². The molecule has 4 heterocycles. The maximum absolute atomic E-state index is 15.0. The quantitative estimate of drug-likeness (QED) is 0.437. The molecule has 5 rings (SSSR count). The van der Waals surface area contributed by atoms with Crippen LogP contribution in [0.1, 0.15) is 37.8 Å². The second-order valence-electron chi connectivity index (χ2n) is 8.73. The van der Waals surface area contributed by atoms with Crippen LogP contribution in [0.5, 0.6) is 0 Å². The Morgan fingerprint density at radius 2 is 2.23 bits per heavy atom. The normalized spacial score (nSPS) is 19.4. The van der Waals surface area contributed by atoms with Gasteiger partial charge in [0.15, 0.2) is 5.58 Å². The zero-order valence-corrected chi connectivity index (χ0v) is 19.9. The Morgan fingerprint density at radius 1 is 1.40 bits per heavy atom. The maximum Gasteiger partial charge on any atom is 0.349 e. The van der Waals surface area contributed by atoms with Crippen molar-refractivity contribution in [2.24, 2.45) is 17.8 Å². The van der Waals surface area contributed by atoms with Crippen molar-refractivity contribution in [1.82, 2.24) is 19.3 Å². The smallest absolute Gasteiger partial charge is 0.349 e. The number of aryl methyl sites for hydroxylation is 1. The highest BCUT2D eigenvalue weighted by atomic mass is 19.1. The van der Waals surface area contributed by atoms with Gasteiger partial charge in [-0.15, -0.1) is 0 Å². The van der Waals surface area contributed by atoms with Crippen molar-refractivity contribution >= 4 is 34.0 Å². The van der Waals surface area contributed by atoms with Gasteiger partial charge in [-0.25, -0.2) is 9.18 Å². The summed E-state index contributed by atoms with van der Waals surface area (Å²) in [5.41, 5.74) is 8.46. The minimum atomic E-state index is -0.531. The minimum Gasteiger partial charge on any atom is -0.452 e. The maximum atomic E-state index is 15.0. The molecule has 10 heteroatoms. The summed E-state index contributed by atoms with van der Waals surface area (Å²) in [6, 6.07) is 2.80. The van der Waals surface area contributed by atoms with Crippen LogP contribution in [0.25, 0.3) is 39.0 Å². The zero-order valence-electron chi connectivity index (χ0n) is 19.9. The molecule has 0 amide bonds. The molecule has 0 bridgehead atoms. The van der Waals surface area contributed by atoms with Crippen LogP contribution >= 0.6 is 0 Å². The average Bonchev–Trinajstić information content (AvgIpc) is 3.44. The van der Waals surface area contributed by atoms with Gasteiger partial charge < -0.3 is 14.9 Å². The largest absolute Gasteiger partial charge is 0.452 e. The first-order chi connectivity index (χ1) is 16.9. The highest BCUT2D eigenvalue weighted by Crippen LogP contribution is 2.38. The van der Waals surface area contributed by atoms with E-state index in [1.165, 1.54) is 18.4 Å². The van der Waals surface area contributed by atoms with E-state index in [9.17, 15) is 4.79 Å². The van der Waals surface area contributed by atoms with E-state index in [0.29, 0.717) is 52.8 Å². The summed E-state index contributed by atoms with van der Waals surface area (Å²) < 4.78 is 30.4. The molecule has 9 nitrogen and oxygen atoms in total. The Kier molecular flexibility index (Phi) is 5.98. The number of nitrogens with two attached hydrogens (primary N) is 1. The summed E-state index contributed by atoms with van der Waals surface area (Å²) in [6.45, 7) is 2.61. The van der Waals surface area contributed by atoms with Crippen LogP contribution < -0.4 is 11.4 Å². The molecule has 2 N–H and O–H groups in total. The van der Waals surface area contributed by atoms with Crippen LogP contribution in [-0.2, 0) is 11.8 Å². The van der Waals surface area contributed by atoms with Crippen molar-refractivity contribution in [3.05, 3.63) is 52.5 Å². The Balaban J connectivity index is 1.84. The van der Waals surface area contributed by atoms with Gasteiger partial charge in [-0.3, -0.25) is 14.2 Å². The highest BCUT2D eigenvalue weighted by Gasteiger charge is 2.29. The van der Waals surface area contributed by atoms with E-state index < -0.39 is 11.5 Å². The Labute approximate surface area is 200 Å². The highest BCUT2D eigenvalue weighted by molar-refractivity contribution is 6.07. The molecule has 0 spiro atoms. The SMILES string of the molecule is CCC1CC(n2c(=O)nc(-c3cnn(C)c3)c3oc4cc(F)c(/C(N)=C/C=NC)cc4c32)CCO1. The number of fused-ring (bicyclic) bond motifs is 3. The van der Waals surface area contributed by atoms with Crippen LogP contribution in [0.15, 0.2) is 44.8 Å². The fraction of sp³-hybridized carbons (Fsp3) is 0.360. The van der Waals surface area contributed by atoms with E-state index in [4.69, 9.17) is 14.9 Å². The number of nitrogens with zero attached hydrogens (tertiary/aromatic N) is 5. The standard InChI is InChI=1S/C25H27FN6O3/c1-4-16-9-15(6-8-34-16)32-23-18-10-17(20(27)5-7-28-2)19(26)11-21(18)35-24(23)22(30-25(32)33)14-12-29-31(3)13-14/h5,7,10-13,15-16H,4,6,8-9,27H2,1-3H3/b20-5-,28-7?. The lowest BCUT2D eigenvalue weighted by molar-refractivity contribution is -0.00709. The number of ether oxygens (including phenoxy) is 1. The lowest BCUT2D eigenvalue weighted by Gasteiger charge is -2.30. The fourth-order valence-electron chi connectivity index (χ4n) is 4.72. The molecule has 35 heavy (non-hydrogen) atoms. The lowest BCUT2D eigenvalue weighted by atomic mass is 10.0. The molecule has 1 aliphatic rings. The van der Waals surface area contributed by atoms with Crippen molar-refractivity contribution in [1.29, 1.82) is 0 Å². The molecule has 2 atom stereocenters. The number of hydrogen-bond donors (Lipinski definition) is 1. The van der Waals surface area contributed by atoms with E-state index in [1.54, 1.807) is 41.8 Å². The average molecular weight is 479 g/mol. The predicted molar refractivity (Wildman–Crippen MR) is 133 cm³/mol. The molecule has 1 fully saturated rings. The summed E-state index contributed by atoms with van der Waals surface area (Å²) in [5, 5.41) is 4.80. The summed E-state index contributed by atoms with van der Waals surface area (Å²) in [6.07, 6.45) is 8.65. The number of aromatic nitrogens is 4. The molecule has 2 unspecified atom stereocenters. The monoisotopic (exact) mass is 478 g/mol. The fourth-order valence-corrected chi connectivity index (χ4v) is 4.72. The molecule has 182 valence electrons. The zero-order chi connectivity index (χ0) is 24.7. The van der Waals surface area contributed by atoms with E-state index in [1.807, 2.05) is 0 Å². The van der Waals surface area contributed by atoms with Crippen LogP contribution in [-0.4, -0.2) is 45.3 Å². The molecule has 0 radical (unpaired) electrons. The third-order valence-electron chi connectivity index (χ3n) is 6.47. The van der Waals surface area contributed by atoms with Crippen LogP contribution in [0.2, 0.25) is 0 Å². The van der Waals surface area contributed by atoms with Gasteiger partial charge >= 0.3 is 5.69 Å². The summed E-state index contributed by atoms with van der Waals surface area (Å²) in [7, 11) is 3.39. The molecular formula is C25H27FN6O3. The molecule has 0 aliphatic carbocycles. The number of furan rings is 1. The molecule has 0 saturated carbocycles. The van der Waals surface area contributed by atoms with Gasteiger partial charge in [0.2, 0.25) is 0 Å². The summed E-state index contributed by atoms with van der Waals surface area (Å²) >= 11 is 0. The van der Waals surface area contributed by atoms with Gasteiger partial charge in [0.1, 0.15) is 22.6 Å².